The van der Waals surface area contributed by atoms with Gasteiger partial charge in [0.05, 0.1) is 0 Å². The maximum atomic E-state index is 5.42. The molecule has 0 amide bonds. The molecule has 0 aromatic carbocycles. The number of hydrogen-bond donors (Lipinski definition) is 0. The summed E-state index contributed by atoms with van der Waals surface area (Å²) in [6.07, 6.45) is 1.98. The molecule has 0 saturated carbocycles. The van der Waals surface area contributed by atoms with Gasteiger partial charge in [0.15, 0.2) is 0 Å². The van der Waals surface area contributed by atoms with Crippen molar-refractivity contribution < 1.29 is 0 Å². The third-order valence-electron chi connectivity index (χ3n) is 0.280. The van der Waals surface area contributed by atoms with E-state index in [2.05, 4.69) is 0 Å². The summed E-state index contributed by atoms with van der Waals surface area (Å²) in [5, 5.41) is 2.74. The summed E-state index contributed by atoms with van der Waals surface area (Å²) >= 11 is 7.03. The van der Waals surface area contributed by atoms with Gasteiger partial charge in [0, 0.05) is 5.03 Å². The molecule has 0 radical (unpaired) electrons. The van der Waals surface area contributed by atoms with Crippen molar-refractivity contribution in [3.8, 4) is 0 Å². The Balaban J connectivity index is 3.14. The topological polar surface area (TPSA) is 0 Å². The minimum atomic E-state index is 0.850. The second-order valence-electron chi connectivity index (χ2n) is 0.940. The van der Waals surface area contributed by atoms with Gasteiger partial charge in [-0.3, -0.25) is 0 Å². The lowest BCUT2D eigenvalue weighted by molar-refractivity contribution is 1.71. The Morgan fingerprint density at radius 3 is 2.33 bits per heavy atom. The Labute approximate surface area is 47.6 Å². The summed E-state index contributed by atoms with van der Waals surface area (Å²) in [5.74, 6) is 0. The van der Waals surface area contributed by atoms with Crippen molar-refractivity contribution in [1.29, 1.82) is 0 Å². The van der Waals surface area contributed by atoms with Crippen molar-refractivity contribution in [2.24, 2.45) is 0 Å². The van der Waals surface area contributed by atoms with Crippen molar-refractivity contribution in [2.75, 3.05) is 6.26 Å². The second-order valence-corrected chi connectivity index (χ2v) is 2.24. The number of allylic oxidation sites excluding steroid dienone is 1. The maximum Gasteiger partial charge on any atom is 0.0212 e. The van der Waals surface area contributed by atoms with Crippen LogP contribution in [0, 0.1) is 0 Å². The van der Waals surface area contributed by atoms with Gasteiger partial charge in [0.1, 0.15) is 0 Å². The molecule has 0 aromatic rings. The van der Waals surface area contributed by atoms with Gasteiger partial charge in [-0.2, -0.15) is 0 Å². The van der Waals surface area contributed by atoms with Gasteiger partial charge < -0.3 is 0 Å². The highest BCUT2D eigenvalue weighted by Gasteiger charge is 1.70. The molecule has 6 heavy (non-hydrogen) atoms. The van der Waals surface area contributed by atoms with Gasteiger partial charge in [0.25, 0.3) is 0 Å². The maximum absolute atomic E-state index is 5.42. The summed E-state index contributed by atoms with van der Waals surface area (Å²) in [5.41, 5.74) is 0. The molecular formula is C4H7ClS. The predicted octanol–water partition coefficient (Wildman–Crippen LogP) is 2.45. The lowest BCUT2D eigenvalue weighted by atomic mass is 10.8. The first-order chi connectivity index (χ1) is 2.77. The van der Waals surface area contributed by atoms with E-state index < -0.39 is 0 Å². The Morgan fingerprint density at radius 2 is 2.33 bits per heavy atom. The SMILES string of the molecule is CS/C=C(\C)Cl. The van der Waals surface area contributed by atoms with Crippen LogP contribution in [-0.2, 0) is 0 Å². The average Bonchev–Trinajstić information content (AvgIpc) is 1.35. The minimum Gasteiger partial charge on any atom is -0.136 e. The quantitative estimate of drug-likeness (QED) is 0.515. The van der Waals surface area contributed by atoms with Crippen molar-refractivity contribution in [3.05, 3.63) is 10.4 Å². The van der Waals surface area contributed by atoms with Crippen LogP contribution in [0.25, 0.3) is 0 Å². The standard InChI is InChI=1S/C4H7ClS/c1-4(5)3-6-2/h3H,1-2H3/b4-3+. The zero-order chi connectivity index (χ0) is 4.99. The normalized spacial score (nSPS) is 12.2. The van der Waals surface area contributed by atoms with E-state index in [0.29, 0.717) is 0 Å². The molecule has 0 aliphatic heterocycles. The smallest absolute Gasteiger partial charge is 0.0212 e. The monoisotopic (exact) mass is 122 g/mol. The van der Waals surface area contributed by atoms with E-state index >= 15 is 0 Å². The lowest BCUT2D eigenvalue weighted by Crippen LogP contribution is -1.48. The summed E-state index contributed by atoms with van der Waals surface area (Å²) in [6, 6.07) is 0. The van der Waals surface area contributed by atoms with E-state index in [1.807, 2.05) is 18.6 Å². The molecule has 0 fully saturated rings. The fourth-order valence-corrected chi connectivity index (χ4v) is 0.754. The van der Waals surface area contributed by atoms with Crippen molar-refractivity contribution in [2.45, 2.75) is 6.92 Å². The molecule has 0 nitrogen and oxygen atoms in total. The van der Waals surface area contributed by atoms with Gasteiger partial charge in [-0.15, -0.1) is 11.8 Å². The molecule has 0 aromatic heterocycles. The Kier molecular flexibility index (Phi) is 3.79. The molecule has 36 valence electrons. The molecule has 2 heteroatoms. The first-order valence-electron chi connectivity index (χ1n) is 1.62. The molecule has 0 saturated heterocycles. The third kappa shape index (κ3) is 4.38. The molecule has 0 aliphatic carbocycles. The van der Waals surface area contributed by atoms with Crippen LogP contribution in [0.4, 0.5) is 0 Å². The number of rotatable bonds is 1. The van der Waals surface area contributed by atoms with Crippen LogP contribution in [0.1, 0.15) is 6.92 Å². The van der Waals surface area contributed by atoms with Crippen LogP contribution in [0.3, 0.4) is 0 Å². The van der Waals surface area contributed by atoms with Gasteiger partial charge in [-0.25, -0.2) is 0 Å². The van der Waals surface area contributed by atoms with E-state index in [4.69, 9.17) is 11.6 Å². The van der Waals surface area contributed by atoms with Crippen LogP contribution in [0.15, 0.2) is 10.4 Å². The van der Waals surface area contributed by atoms with Crippen molar-refractivity contribution in [3.63, 3.8) is 0 Å². The second kappa shape index (κ2) is 3.57. The van der Waals surface area contributed by atoms with E-state index in [1.165, 1.54) is 0 Å². The highest BCUT2D eigenvalue weighted by atomic mass is 35.5. The van der Waals surface area contributed by atoms with Crippen molar-refractivity contribution >= 4 is 23.4 Å². The van der Waals surface area contributed by atoms with Gasteiger partial charge in [0.2, 0.25) is 0 Å². The first kappa shape index (κ1) is 6.38. The molecule has 0 rings (SSSR count). The van der Waals surface area contributed by atoms with Crippen LogP contribution in [0.2, 0.25) is 0 Å². The van der Waals surface area contributed by atoms with Crippen LogP contribution in [-0.4, -0.2) is 6.26 Å². The zero-order valence-electron chi connectivity index (χ0n) is 3.86. The molecule has 0 heterocycles. The summed E-state index contributed by atoms with van der Waals surface area (Å²) in [6.45, 7) is 1.86. The predicted molar refractivity (Wildman–Crippen MR) is 33.1 cm³/mol. The van der Waals surface area contributed by atoms with E-state index in [0.717, 1.165) is 5.03 Å². The third-order valence-corrected chi connectivity index (χ3v) is 1.11. The number of thioether (sulfide) groups is 1. The molecule has 0 spiro atoms. The van der Waals surface area contributed by atoms with Crippen LogP contribution >= 0.6 is 23.4 Å². The fraction of sp³-hybridized carbons (Fsp3) is 0.500. The van der Waals surface area contributed by atoms with E-state index in [1.54, 1.807) is 11.8 Å². The van der Waals surface area contributed by atoms with E-state index in [-0.39, 0.29) is 0 Å². The Hall–Kier alpha value is 0.380. The highest BCUT2D eigenvalue weighted by Crippen LogP contribution is 2.04. The highest BCUT2D eigenvalue weighted by molar-refractivity contribution is 8.01. The fourth-order valence-electron chi connectivity index (χ4n) is 0.162. The minimum absolute atomic E-state index is 0.850. The van der Waals surface area contributed by atoms with E-state index in [9.17, 15) is 0 Å². The zero-order valence-corrected chi connectivity index (χ0v) is 5.44. The molecule has 0 aliphatic rings. The summed E-state index contributed by atoms with van der Waals surface area (Å²) in [4.78, 5) is 0. The molecule has 0 bridgehead atoms. The van der Waals surface area contributed by atoms with Crippen LogP contribution in [0.5, 0.6) is 0 Å². The van der Waals surface area contributed by atoms with Gasteiger partial charge in [-0.05, 0) is 18.6 Å². The van der Waals surface area contributed by atoms with Crippen molar-refractivity contribution in [1.82, 2.24) is 0 Å². The molecular weight excluding hydrogens is 116 g/mol. The Bertz CT molecular complexity index is 54.6. The number of hydrogen-bond acceptors (Lipinski definition) is 1. The van der Waals surface area contributed by atoms with Gasteiger partial charge >= 0.3 is 0 Å². The summed E-state index contributed by atoms with van der Waals surface area (Å²) < 4.78 is 0. The van der Waals surface area contributed by atoms with Crippen LogP contribution < -0.4 is 0 Å². The molecule has 0 unspecified atom stereocenters. The largest absolute Gasteiger partial charge is 0.136 e. The average molecular weight is 123 g/mol. The van der Waals surface area contributed by atoms with Gasteiger partial charge in [-0.1, -0.05) is 11.6 Å². The Morgan fingerprint density at radius 1 is 1.83 bits per heavy atom. The number of halogens is 1. The lowest BCUT2D eigenvalue weighted by Gasteiger charge is -1.77. The summed E-state index contributed by atoms with van der Waals surface area (Å²) in [7, 11) is 0. The molecule has 0 N–H and O–H groups in total. The first-order valence-corrected chi connectivity index (χ1v) is 3.29. The molecule has 0 atom stereocenters.